The SMILES string of the molecule is CNCCN1C(=O)C(=O)c2ccc(OC)cc21. The largest absolute Gasteiger partial charge is 0.497 e. The predicted octanol–water partition coefficient (Wildman–Crippen LogP) is 0.444. The molecule has 0 saturated carbocycles. The van der Waals surface area contributed by atoms with Crippen LogP contribution in [0, 0.1) is 0 Å². The van der Waals surface area contributed by atoms with Gasteiger partial charge >= 0.3 is 0 Å². The monoisotopic (exact) mass is 234 g/mol. The fourth-order valence-corrected chi connectivity index (χ4v) is 1.85. The molecule has 0 unspecified atom stereocenters. The first-order valence-electron chi connectivity index (χ1n) is 5.38. The molecule has 1 aliphatic rings. The Morgan fingerprint density at radius 1 is 1.35 bits per heavy atom. The number of benzene rings is 1. The molecule has 1 N–H and O–H groups in total. The standard InChI is InChI=1S/C12H14N2O3/c1-13-5-6-14-10-7-8(17-2)3-4-9(10)11(15)12(14)16/h3-4,7,13H,5-6H2,1-2H3. The first-order chi connectivity index (χ1) is 8.19. The number of rotatable bonds is 4. The number of Topliss-reactive ketones (excluding diaryl/α,β-unsaturated/α-hetero) is 1. The molecule has 90 valence electrons. The third kappa shape index (κ3) is 1.89. The van der Waals surface area contributed by atoms with Gasteiger partial charge in [0.05, 0.1) is 18.4 Å². The van der Waals surface area contributed by atoms with Crippen molar-refractivity contribution in [2.45, 2.75) is 0 Å². The van der Waals surface area contributed by atoms with Gasteiger partial charge in [-0.15, -0.1) is 0 Å². The molecule has 0 radical (unpaired) electrons. The van der Waals surface area contributed by atoms with Crippen LogP contribution in [-0.4, -0.2) is 38.9 Å². The summed E-state index contributed by atoms with van der Waals surface area (Å²) in [5.74, 6) is -0.275. The first kappa shape index (κ1) is 11.6. The molecule has 1 aliphatic heterocycles. The van der Waals surface area contributed by atoms with E-state index in [2.05, 4.69) is 5.32 Å². The van der Waals surface area contributed by atoms with Gasteiger partial charge in [-0.25, -0.2) is 0 Å². The second-order valence-electron chi connectivity index (χ2n) is 3.77. The summed E-state index contributed by atoms with van der Waals surface area (Å²) in [6, 6.07) is 5.03. The fraction of sp³-hybridized carbons (Fsp3) is 0.333. The van der Waals surface area contributed by atoms with Crippen LogP contribution in [0.1, 0.15) is 10.4 Å². The van der Waals surface area contributed by atoms with Crippen LogP contribution in [0.4, 0.5) is 5.69 Å². The number of hydrogen-bond donors (Lipinski definition) is 1. The molecule has 0 fully saturated rings. The maximum Gasteiger partial charge on any atom is 0.299 e. The molecule has 0 aliphatic carbocycles. The smallest absolute Gasteiger partial charge is 0.299 e. The lowest BCUT2D eigenvalue weighted by molar-refractivity contribution is -0.114. The molecule has 1 amide bonds. The predicted molar refractivity (Wildman–Crippen MR) is 63.6 cm³/mol. The number of hydrogen-bond acceptors (Lipinski definition) is 4. The molecule has 5 nitrogen and oxygen atoms in total. The molecule has 0 atom stereocenters. The highest BCUT2D eigenvalue weighted by molar-refractivity contribution is 6.52. The number of ether oxygens (including phenoxy) is 1. The van der Waals surface area contributed by atoms with E-state index in [-0.39, 0.29) is 0 Å². The number of ketones is 1. The third-order valence-electron chi connectivity index (χ3n) is 2.77. The van der Waals surface area contributed by atoms with Crippen molar-refractivity contribution in [3.63, 3.8) is 0 Å². The number of nitrogens with one attached hydrogen (secondary N) is 1. The minimum absolute atomic E-state index is 0.446. The molecule has 1 aromatic carbocycles. The van der Waals surface area contributed by atoms with Crippen molar-refractivity contribution in [1.82, 2.24) is 5.32 Å². The van der Waals surface area contributed by atoms with Gasteiger partial charge in [-0.05, 0) is 19.2 Å². The van der Waals surface area contributed by atoms with Crippen molar-refractivity contribution in [3.05, 3.63) is 23.8 Å². The quantitative estimate of drug-likeness (QED) is 0.768. The highest BCUT2D eigenvalue weighted by Crippen LogP contribution is 2.31. The van der Waals surface area contributed by atoms with Crippen LogP contribution in [-0.2, 0) is 4.79 Å². The number of nitrogens with zero attached hydrogens (tertiary/aromatic N) is 1. The summed E-state index contributed by atoms with van der Waals surface area (Å²) in [7, 11) is 3.35. The lowest BCUT2D eigenvalue weighted by Crippen LogP contribution is -2.35. The molecule has 1 heterocycles. The van der Waals surface area contributed by atoms with Gasteiger partial charge in [-0.1, -0.05) is 0 Å². The highest BCUT2D eigenvalue weighted by Gasteiger charge is 2.35. The summed E-state index contributed by atoms with van der Waals surface area (Å²) in [6.07, 6.45) is 0. The van der Waals surface area contributed by atoms with E-state index < -0.39 is 11.7 Å². The Bertz CT molecular complexity index is 471. The van der Waals surface area contributed by atoms with Crippen LogP contribution in [0.15, 0.2) is 18.2 Å². The van der Waals surface area contributed by atoms with E-state index in [0.717, 1.165) is 0 Å². The summed E-state index contributed by atoms with van der Waals surface area (Å²) in [4.78, 5) is 25.0. The van der Waals surface area contributed by atoms with Gasteiger partial charge in [0.15, 0.2) is 0 Å². The van der Waals surface area contributed by atoms with E-state index in [1.807, 2.05) is 0 Å². The number of methoxy groups -OCH3 is 1. The van der Waals surface area contributed by atoms with Crippen molar-refractivity contribution >= 4 is 17.4 Å². The maximum absolute atomic E-state index is 11.8. The van der Waals surface area contributed by atoms with Crippen molar-refractivity contribution < 1.29 is 14.3 Å². The number of anilines is 1. The Balaban J connectivity index is 2.38. The average Bonchev–Trinajstić information content (AvgIpc) is 2.59. The summed E-state index contributed by atoms with van der Waals surface area (Å²) in [5, 5.41) is 2.95. The summed E-state index contributed by atoms with van der Waals surface area (Å²) < 4.78 is 5.10. The number of carbonyl (C=O) groups is 2. The first-order valence-corrected chi connectivity index (χ1v) is 5.38. The minimum Gasteiger partial charge on any atom is -0.497 e. The fourth-order valence-electron chi connectivity index (χ4n) is 1.85. The summed E-state index contributed by atoms with van der Waals surface area (Å²) in [6.45, 7) is 1.11. The Morgan fingerprint density at radius 2 is 2.12 bits per heavy atom. The third-order valence-corrected chi connectivity index (χ3v) is 2.77. The second kappa shape index (κ2) is 4.55. The van der Waals surface area contributed by atoms with Gasteiger partial charge < -0.3 is 15.0 Å². The van der Waals surface area contributed by atoms with E-state index in [4.69, 9.17) is 4.74 Å². The Morgan fingerprint density at radius 3 is 2.76 bits per heavy atom. The molecule has 1 aromatic rings. The minimum atomic E-state index is -0.469. The van der Waals surface area contributed by atoms with Crippen molar-refractivity contribution in [1.29, 1.82) is 0 Å². The number of likely N-dealkylation sites (N-methyl/N-ethyl adjacent to an activating group) is 1. The molecule has 0 aromatic heterocycles. The summed E-state index contributed by atoms with van der Waals surface area (Å²) in [5.41, 5.74) is 1.08. The molecule has 2 rings (SSSR count). The van der Waals surface area contributed by atoms with Gasteiger partial charge in [0.1, 0.15) is 5.75 Å². The molecule has 17 heavy (non-hydrogen) atoms. The van der Waals surface area contributed by atoms with Gasteiger partial charge in [0.2, 0.25) is 0 Å². The van der Waals surface area contributed by atoms with E-state index in [0.29, 0.717) is 30.1 Å². The van der Waals surface area contributed by atoms with Gasteiger partial charge in [-0.2, -0.15) is 0 Å². The van der Waals surface area contributed by atoms with Crippen LogP contribution in [0.3, 0.4) is 0 Å². The van der Waals surface area contributed by atoms with Gasteiger partial charge in [-0.3, -0.25) is 9.59 Å². The zero-order valence-electron chi connectivity index (χ0n) is 9.82. The Kier molecular flexibility index (Phi) is 3.10. The van der Waals surface area contributed by atoms with Crippen LogP contribution in [0.5, 0.6) is 5.75 Å². The van der Waals surface area contributed by atoms with Crippen LogP contribution in [0.2, 0.25) is 0 Å². The van der Waals surface area contributed by atoms with Crippen molar-refractivity contribution in [2.75, 3.05) is 32.1 Å². The maximum atomic E-state index is 11.8. The lowest BCUT2D eigenvalue weighted by Gasteiger charge is -2.16. The highest BCUT2D eigenvalue weighted by atomic mass is 16.5. The van der Waals surface area contributed by atoms with Gasteiger partial charge in [0.25, 0.3) is 11.7 Å². The number of carbonyl (C=O) groups excluding carboxylic acids is 2. The van der Waals surface area contributed by atoms with E-state index in [1.54, 1.807) is 32.4 Å². The van der Waals surface area contributed by atoms with E-state index in [1.165, 1.54) is 4.90 Å². The van der Waals surface area contributed by atoms with E-state index >= 15 is 0 Å². The normalized spacial score (nSPS) is 14.1. The van der Waals surface area contributed by atoms with Crippen molar-refractivity contribution in [2.24, 2.45) is 0 Å². The van der Waals surface area contributed by atoms with E-state index in [9.17, 15) is 9.59 Å². The topological polar surface area (TPSA) is 58.6 Å². The van der Waals surface area contributed by atoms with Crippen molar-refractivity contribution in [3.8, 4) is 5.75 Å². The number of fused-ring (bicyclic) bond motifs is 1. The number of amides is 1. The lowest BCUT2D eigenvalue weighted by atomic mass is 10.1. The Hall–Kier alpha value is -1.88. The average molecular weight is 234 g/mol. The molecule has 0 bridgehead atoms. The molecule has 5 heteroatoms. The van der Waals surface area contributed by atoms with Gasteiger partial charge in [0, 0.05) is 19.2 Å². The van der Waals surface area contributed by atoms with Crippen LogP contribution >= 0.6 is 0 Å². The zero-order valence-corrected chi connectivity index (χ0v) is 9.82. The molecular weight excluding hydrogens is 220 g/mol. The molecule has 0 saturated heterocycles. The Labute approximate surface area is 99.4 Å². The molecular formula is C12H14N2O3. The van der Waals surface area contributed by atoms with Crippen LogP contribution in [0.25, 0.3) is 0 Å². The zero-order chi connectivity index (χ0) is 12.4. The summed E-state index contributed by atoms with van der Waals surface area (Å²) >= 11 is 0. The second-order valence-corrected chi connectivity index (χ2v) is 3.77. The molecule has 0 spiro atoms. The van der Waals surface area contributed by atoms with Crippen LogP contribution < -0.4 is 15.0 Å².